The van der Waals surface area contributed by atoms with E-state index in [9.17, 15) is 14.7 Å². The fourth-order valence-corrected chi connectivity index (χ4v) is 2.35. The van der Waals surface area contributed by atoms with E-state index < -0.39 is 11.4 Å². The summed E-state index contributed by atoms with van der Waals surface area (Å²) in [5.74, 6) is -1.16. The first-order valence-electron chi connectivity index (χ1n) is 6.15. The number of aliphatic carboxylic acids is 1. The summed E-state index contributed by atoms with van der Waals surface area (Å²) in [4.78, 5) is 25.4. The molecule has 0 spiro atoms. The lowest BCUT2D eigenvalue weighted by Crippen LogP contribution is -2.53. The van der Waals surface area contributed by atoms with Gasteiger partial charge in [-0.1, -0.05) is 6.42 Å². The molecule has 0 aromatic heterocycles. The molecule has 2 aliphatic rings. The average molecular weight is 241 g/mol. The Bertz CT molecular complexity index is 320. The van der Waals surface area contributed by atoms with Gasteiger partial charge in [-0.2, -0.15) is 0 Å². The Balaban J connectivity index is 2.07. The second-order valence-corrected chi connectivity index (χ2v) is 4.96. The Labute approximate surface area is 101 Å². The summed E-state index contributed by atoms with van der Waals surface area (Å²) in [7, 11) is 1.59. The van der Waals surface area contributed by atoms with Crippen molar-refractivity contribution in [3.05, 3.63) is 0 Å². The maximum Gasteiger partial charge on any atom is 0.319 e. The molecule has 0 heterocycles. The number of hydrogen-bond donors (Lipinski definition) is 1. The zero-order chi connectivity index (χ0) is 12.5. The van der Waals surface area contributed by atoms with Crippen molar-refractivity contribution in [3.63, 3.8) is 0 Å². The van der Waals surface area contributed by atoms with Crippen LogP contribution in [0.5, 0.6) is 0 Å². The molecule has 5 heteroatoms. The molecule has 0 atom stereocenters. The van der Waals surface area contributed by atoms with Gasteiger partial charge in [0.25, 0.3) is 0 Å². The lowest BCUT2D eigenvalue weighted by atomic mass is 9.67. The van der Waals surface area contributed by atoms with Gasteiger partial charge in [0.05, 0.1) is 6.61 Å². The highest BCUT2D eigenvalue weighted by molar-refractivity contribution is 6.03. The zero-order valence-corrected chi connectivity index (χ0v) is 10.1. The minimum Gasteiger partial charge on any atom is -0.480 e. The Morgan fingerprint density at radius 2 is 2.06 bits per heavy atom. The van der Waals surface area contributed by atoms with Crippen molar-refractivity contribution in [2.24, 2.45) is 5.41 Å². The minimum atomic E-state index is -1.13. The predicted molar refractivity (Wildman–Crippen MR) is 60.5 cm³/mol. The topological polar surface area (TPSA) is 66.8 Å². The highest BCUT2D eigenvalue weighted by atomic mass is 16.5. The standard InChI is InChI=1S/C12H19NO4/c1-17-8-7-13(9-3-4-9)10(14)12(11(15)16)5-2-6-12/h9H,2-8H2,1H3,(H,15,16). The van der Waals surface area contributed by atoms with E-state index in [1.165, 1.54) is 0 Å². The van der Waals surface area contributed by atoms with Crippen LogP contribution in [0.25, 0.3) is 0 Å². The molecule has 2 rings (SSSR count). The zero-order valence-electron chi connectivity index (χ0n) is 10.1. The third kappa shape index (κ3) is 2.16. The number of carbonyl (C=O) groups excluding carboxylic acids is 1. The second-order valence-electron chi connectivity index (χ2n) is 4.96. The van der Waals surface area contributed by atoms with E-state index in [1.807, 2.05) is 0 Å². The van der Waals surface area contributed by atoms with Gasteiger partial charge in [0.15, 0.2) is 0 Å². The first-order valence-corrected chi connectivity index (χ1v) is 6.15. The first-order chi connectivity index (χ1) is 8.12. The molecule has 5 nitrogen and oxygen atoms in total. The van der Waals surface area contributed by atoms with Crippen LogP contribution in [0.15, 0.2) is 0 Å². The molecule has 2 saturated carbocycles. The fourth-order valence-electron chi connectivity index (χ4n) is 2.35. The van der Waals surface area contributed by atoms with E-state index in [1.54, 1.807) is 12.0 Å². The first kappa shape index (κ1) is 12.4. The highest BCUT2D eigenvalue weighted by Gasteiger charge is 2.54. The maximum atomic E-state index is 12.4. The quantitative estimate of drug-likeness (QED) is 0.701. The summed E-state index contributed by atoms with van der Waals surface area (Å²) in [6.07, 6.45) is 3.78. The van der Waals surface area contributed by atoms with Gasteiger partial charge < -0.3 is 14.7 Å². The van der Waals surface area contributed by atoms with Crippen LogP contribution in [0.4, 0.5) is 0 Å². The Kier molecular flexibility index (Phi) is 3.38. The monoisotopic (exact) mass is 241 g/mol. The molecule has 1 amide bonds. The smallest absolute Gasteiger partial charge is 0.319 e. The minimum absolute atomic E-state index is 0.198. The van der Waals surface area contributed by atoms with Crippen molar-refractivity contribution < 1.29 is 19.4 Å². The largest absolute Gasteiger partial charge is 0.480 e. The van der Waals surface area contributed by atoms with Gasteiger partial charge in [-0.25, -0.2) is 0 Å². The van der Waals surface area contributed by atoms with Gasteiger partial charge in [0.1, 0.15) is 5.41 Å². The summed E-state index contributed by atoms with van der Waals surface area (Å²) in [5, 5.41) is 9.25. The third-order valence-electron chi connectivity index (χ3n) is 3.81. The van der Waals surface area contributed by atoms with Crippen molar-refractivity contribution in [1.29, 1.82) is 0 Å². The van der Waals surface area contributed by atoms with Crippen molar-refractivity contribution in [2.75, 3.05) is 20.3 Å². The number of carbonyl (C=O) groups is 2. The number of carboxylic acids is 1. The van der Waals surface area contributed by atoms with Crippen molar-refractivity contribution in [1.82, 2.24) is 4.90 Å². The van der Waals surface area contributed by atoms with Gasteiger partial charge in [-0.05, 0) is 25.7 Å². The molecule has 0 radical (unpaired) electrons. The van der Waals surface area contributed by atoms with E-state index in [0.29, 0.717) is 26.0 Å². The van der Waals surface area contributed by atoms with E-state index >= 15 is 0 Å². The van der Waals surface area contributed by atoms with Crippen molar-refractivity contribution in [2.45, 2.75) is 38.1 Å². The van der Waals surface area contributed by atoms with Gasteiger partial charge in [-0.3, -0.25) is 9.59 Å². The summed E-state index contributed by atoms with van der Waals surface area (Å²) >= 11 is 0. The highest BCUT2D eigenvalue weighted by Crippen LogP contribution is 2.44. The molecule has 2 fully saturated rings. The SMILES string of the molecule is COCCN(C(=O)C1(C(=O)O)CCC1)C1CC1. The molecule has 0 saturated heterocycles. The summed E-state index contributed by atoms with van der Waals surface area (Å²) < 4.78 is 4.98. The second kappa shape index (κ2) is 4.64. The third-order valence-corrected chi connectivity index (χ3v) is 3.81. The fraction of sp³-hybridized carbons (Fsp3) is 0.833. The molecule has 17 heavy (non-hydrogen) atoms. The molecule has 0 unspecified atom stereocenters. The molecular weight excluding hydrogens is 222 g/mol. The van der Waals surface area contributed by atoms with Gasteiger partial charge in [0.2, 0.25) is 5.91 Å². The maximum absolute atomic E-state index is 12.4. The van der Waals surface area contributed by atoms with Crippen molar-refractivity contribution >= 4 is 11.9 Å². The number of carboxylic acid groups (broad SMARTS) is 1. The lowest BCUT2D eigenvalue weighted by Gasteiger charge is -2.40. The summed E-state index contributed by atoms with van der Waals surface area (Å²) in [5.41, 5.74) is -1.13. The molecule has 96 valence electrons. The Hall–Kier alpha value is -1.10. The Morgan fingerprint density at radius 3 is 2.41 bits per heavy atom. The molecule has 0 bridgehead atoms. The van der Waals surface area contributed by atoms with Crippen LogP contribution in [0, 0.1) is 5.41 Å². The molecule has 0 aromatic carbocycles. The summed E-state index contributed by atoms with van der Waals surface area (Å²) in [6.45, 7) is 0.979. The van der Waals surface area contributed by atoms with E-state index in [-0.39, 0.29) is 11.9 Å². The summed E-state index contributed by atoms with van der Waals surface area (Å²) in [6, 6.07) is 0.245. The van der Waals surface area contributed by atoms with E-state index in [2.05, 4.69) is 0 Å². The van der Waals surface area contributed by atoms with Crippen LogP contribution in [0.2, 0.25) is 0 Å². The van der Waals surface area contributed by atoms with Crippen LogP contribution in [0.3, 0.4) is 0 Å². The number of hydrogen-bond acceptors (Lipinski definition) is 3. The van der Waals surface area contributed by atoms with Crippen LogP contribution in [-0.4, -0.2) is 48.2 Å². The Morgan fingerprint density at radius 1 is 1.41 bits per heavy atom. The lowest BCUT2D eigenvalue weighted by molar-refractivity contribution is -0.168. The molecular formula is C12H19NO4. The molecule has 0 aliphatic heterocycles. The number of ether oxygens (including phenoxy) is 1. The molecule has 2 aliphatic carbocycles. The predicted octanol–water partition coefficient (Wildman–Crippen LogP) is 0.879. The van der Waals surface area contributed by atoms with Crippen LogP contribution >= 0.6 is 0 Å². The van der Waals surface area contributed by atoms with E-state index in [0.717, 1.165) is 19.3 Å². The number of rotatable bonds is 6. The van der Waals surface area contributed by atoms with E-state index in [4.69, 9.17) is 4.74 Å². The molecule has 0 aromatic rings. The molecule has 1 N–H and O–H groups in total. The number of methoxy groups -OCH3 is 1. The van der Waals surface area contributed by atoms with Gasteiger partial charge in [0, 0.05) is 19.7 Å². The van der Waals surface area contributed by atoms with Crippen molar-refractivity contribution in [3.8, 4) is 0 Å². The van der Waals surface area contributed by atoms with Crippen LogP contribution in [0.1, 0.15) is 32.1 Å². The number of amides is 1. The van der Waals surface area contributed by atoms with Crippen LogP contribution in [-0.2, 0) is 14.3 Å². The average Bonchev–Trinajstić information content (AvgIpc) is 3.00. The van der Waals surface area contributed by atoms with Gasteiger partial charge >= 0.3 is 5.97 Å². The van der Waals surface area contributed by atoms with Gasteiger partial charge in [-0.15, -0.1) is 0 Å². The van der Waals surface area contributed by atoms with Crippen LogP contribution < -0.4 is 0 Å². The normalized spacial score (nSPS) is 21.7. The number of nitrogens with zero attached hydrogens (tertiary/aromatic N) is 1.